The van der Waals surface area contributed by atoms with Crippen molar-refractivity contribution in [3.05, 3.63) is 0 Å². The molecule has 0 aliphatic carbocycles. The molecule has 0 unspecified atom stereocenters. The standard InChI is InChI=1S/C84H139NO31/c1-16-18-20-22-24-26-28-30-31-32-33-34-35-36-37-39-41-43-45-47-49-68(104-57(7)89)81(98)85-66(72(106-59(9)91)67(103-56(6)88)48-46-44-42-40-38-29-27-25-23-21-19-17-2)50-101-82-78(110-63(13)95)77(116-83-79(111-64(14)96)75(108-61(11)93)71(53(3)102-83)105-58(8)90)74(70(113-82)52-100-55(5)87)115-84-80(112-65(15)97)76(109-62(12)94)73(107-60(10)92)69(114-84)51-99-54(4)86/h53,66-80,82-84H,16-52H2,1-15H3,(H,85,98)/t53-,66-,67+,68+,69+,70+,71+,72-,73-,74+,75+,76-,77-,78+,79-,80+,82+,83-,84-/m0/s1. The lowest BCUT2D eigenvalue weighted by Crippen LogP contribution is -2.69. The average Bonchev–Trinajstić information content (AvgIpc) is 0.758. The van der Waals surface area contributed by atoms with Crippen molar-refractivity contribution in [1.82, 2.24) is 5.32 Å². The fraction of sp³-hybridized carbons (Fsp3) is 0.845. The number of hydrogen-bond donors (Lipinski definition) is 1. The van der Waals surface area contributed by atoms with E-state index in [4.69, 9.17) is 85.3 Å². The molecular weight excluding hydrogens is 1520 g/mol. The summed E-state index contributed by atoms with van der Waals surface area (Å²) < 4.78 is 109. The summed E-state index contributed by atoms with van der Waals surface area (Å²) in [6.45, 7) is 15.7. The first kappa shape index (κ1) is 103. The van der Waals surface area contributed by atoms with E-state index in [1.807, 2.05) is 0 Å². The van der Waals surface area contributed by atoms with Crippen LogP contribution in [-0.4, -0.2) is 214 Å². The Bertz CT molecular complexity index is 2950. The highest BCUT2D eigenvalue weighted by Gasteiger charge is 2.60. The minimum atomic E-state index is -2.13. The summed E-state index contributed by atoms with van der Waals surface area (Å²) in [7, 11) is 0. The number of carbonyl (C=O) groups excluding carboxylic acids is 13. The molecule has 116 heavy (non-hydrogen) atoms. The number of rotatable bonds is 59. The molecule has 0 spiro atoms. The monoisotopic (exact) mass is 1660 g/mol. The molecule has 3 rings (SSSR count). The average molecular weight is 1660 g/mol. The van der Waals surface area contributed by atoms with Crippen LogP contribution in [0.15, 0.2) is 0 Å². The first-order valence-corrected chi connectivity index (χ1v) is 42.4. The van der Waals surface area contributed by atoms with Gasteiger partial charge in [0.1, 0.15) is 43.7 Å². The van der Waals surface area contributed by atoms with Crippen molar-refractivity contribution in [2.24, 2.45) is 0 Å². The minimum Gasteiger partial charge on any atom is -0.463 e. The van der Waals surface area contributed by atoms with Crippen molar-refractivity contribution in [2.45, 2.75) is 439 Å². The largest absolute Gasteiger partial charge is 0.463 e. The molecule has 0 saturated carbocycles. The summed E-state index contributed by atoms with van der Waals surface area (Å²) in [4.78, 5) is 173. The third-order valence-electron chi connectivity index (χ3n) is 19.9. The van der Waals surface area contributed by atoms with Crippen LogP contribution in [0.2, 0.25) is 0 Å². The molecule has 3 aliphatic rings. The van der Waals surface area contributed by atoms with E-state index in [1.165, 1.54) is 110 Å². The summed E-state index contributed by atoms with van der Waals surface area (Å²) in [6, 6.07) is -1.63. The zero-order valence-corrected chi connectivity index (χ0v) is 71.8. The summed E-state index contributed by atoms with van der Waals surface area (Å²) in [6.07, 6.45) is 2.35. The molecule has 0 radical (unpaired) electrons. The number of unbranched alkanes of at least 4 members (excludes halogenated alkanes) is 30. The van der Waals surface area contributed by atoms with Gasteiger partial charge in [-0.2, -0.15) is 0 Å². The molecule has 32 heteroatoms. The lowest BCUT2D eigenvalue weighted by Gasteiger charge is -2.50. The molecule has 19 atom stereocenters. The van der Waals surface area contributed by atoms with Crippen LogP contribution in [0.4, 0.5) is 0 Å². The van der Waals surface area contributed by atoms with E-state index in [1.54, 1.807) is 0 Å². The maximum Gasteiger partial charge on any atom is 0.303 e. The Hall–Kier alpha value is -7.13. The fourth-order valence-corrected chi connectivity index (χ4v) is 14.7. The van der Waals surface area contributed by atoms with Gasteiger partial charge < -0.3 is 90.6 Å². The molecule has 1 amide bonds. The molecule has 3 saturated heterocycles. The van der Waals surface area contributed by atoms with Gasteiger partial charge in [-0.05, 0) is 32.6 Å². The summed E-state index contributed by atoms with van der Waals surface area (Å²) in [5.41, 5.74) is 0. The second-order valence-corrected chi connectivity index (χ2v) is 30.6. The molecule has 3 aliphatic heterocycles. The van der Waals surface area contributed by atoms with Crippen molar-refractivity contribution in [3.8, 4) is 0 Å². The Kier molecular flexibility index (Phi) is 52.2. The van der Waals surface area contributed by atoms with Crippen LogP contribution in [0.1, 0.15) is 322 Å². The van der Waals surface area contributed by atoms with E-state index >= 15 is 4.79 Å². The highest BCUT2D eigenvalue weighted by Crippen LogP contribution is 2.39. The molecule has 1 N–H and O–H groups in total. The van der Waals surface area contributed by atoms with Crippen LogP contribution < -0.4 is 5.32 Å². The third kappa shape index (κ3) is 42.5. The molecule has 0 bridgehead atoms. The van der Waals surface area contributed by atoms with Crippen molar-refractivity contribution >= 4 is 77.5 Å². The maximum atomic E-state index is 15.1. The van der Waals surface area contributed by atoms with E-state index in [0.29, 0.717) is 25.7 Å². The molecule has 32 nitrogen and oxygen atoms in total. The van der Waals surface area contributed by atoms with Crippen LogP contribution in [0.25, 0.3) is 0 Å². The summed E-state index contributed by atoms with van der Waals surface area (Å²) >= 11 is 0. The van der Waals surface area contributed by atoms with Crippen LogP contribution in [0, 0.1) is 0 Å². The first-order valence-electron chi connectivity index (χ1n) is 42.4. The smallest absolute Gasteiger partial charge is 0.303 e. The molecule has 0 aromatic heterocycles. The van der Waals surface area contributed by atoms with E-state index in [0.717, 1.165) is 160 Å². The molecular formula is C84H139NO31. The molecule has 3 fully saturated rings. The van der Waals surface area contributed by atoms with E-state index in [9.17, 15) is 57.5 Å². The van der Waals surface area contributed by atoms with Gasteiger partial charge >= 0.3 is 71.6 Å². The van der Waals surface area contributed by atoms with Crippen molar-refractivity contribution < 1.29 is 148 Å². The molecule has 3 heterocycles. The van der Waals surface area contributed by atoms with Gasteiger partial charge in [0.25, 0.3) is 5.91 Å². The van der Waals surface area contributed by atoms with E-state index in [2.05, 4.69) is 19.2 Å². The van der Waals surface area contributed by atoms with Gasteiger partial charge in [0.15, 0.2) is 73.8 Å². The lowest BCUT2D eigenvalue weighted by molar-refractivity contribution is -0.386. The first-order chi connectivity index (χ1) is 55.3. The topological polar surface area (TPSA) is 400 Å². The summed E-state index contributed by atoms with van der Waals surface area (Å²) in [5, 5.41) is 2.87. The van der Waals surface area contributed by atoms with Crippen molar-refractivity contribution in [1.29, 1.82) is 0 Å². The lowest BCUT2D eigenvalue weighted by atomic mass is 9.95. The van der Waals surface area contributed by atoms with Gasteiger partial charge in [-0.1, -0.05) is 206 Å². The zero-order chi connectivity index (χ0) is 86.1. The summed E-state index contributed by atoms with van der Waals surface area (Å²) in [5.74, 6) is -12.3. The van der Waals surface area contributed by atoms with E-state index < -0.39 is 214 Å². The predicted molar refractivity (Wildman–Crippen MR) is 416 cm³/mol. The molecule has 0 aromatic rings. The Morgan fingerprint density at radius 3 is 0.991 bits per heavy atom. The number of amides is 1. The third-order valence-corrected chi connectivity index (χ3v) is 19.9. The highest BCUT2D eigenvalue weighted by molar-refractivity contribution is 5.83. The Labute approximate surface area is 686 Å². The van der Waals surface area contributed by atoms with Gasteiger partial charge in [0.2, 0.25) is 0 Å². The van der Waals surface area contributed by atoms with Gasteiger partial charge in [-0.3, -0.25) is 62.3 Å². The Morgan fingerprint density at radius 2 is 0.612 bits per heavy atom. The van der Waals surface area contributed by atoms with Gasteiger partial charge in [0, 0.05) is 83.1 Å². The minimum absolute atomic E-state index is 0.0383. The Morgan fingerprint density at radius 1 is 0.302 bits per heavy atom. The van der Waals surface area contributed by atoms with Crippen LogP contribution in [0.3, 0.4) is 0 Å². The fourth-order valence-electron chi connectivity index (χ4n) is 14.7. The quantitative estimate of drug-likeness (QED) is 0.0336. The van der Waals surface area contributed by atoms with E-state index in [-0.39, 0.29) is 12.8 Å². The Balaban J connectivity index is 2.30. The molecule has 666 valence electrons. The number of carbonyl (C=O) groups is 13. The second kappa shape index (κ2) is 58.7. The maximum absolute atomic E-state index is 15.1. The van der Waals surface area contributed by atoms with Crippen molar-refractivity contribution in [2.75, 3.05) is 19.8 Å². The normalized spacial score (nSPS) is 24.1. The SMILES string of the molecule is CCCCCCCCCCCCCCCCCCCCCC[C@@H](OC(C)=O)C(=O)N[C@@H](CO[C@@H]1O[C@H](COC(C)=O)[C@@H](O[C@@H]2O[C@H](COC(C)=O)[C@H](OC(C)=O)[C@H](OC(C)=O)[C@H]2OC(C)=O)[C@H](O[C@@H]2O[C@@H](C)[C@@H](OC(C)=O)[C@@H](OC(C)=O)[C@@H]2OC(C)=O)[C@H]1OC(C)=O)[C@H](OC(C)=O)[C@@H](CCCCCCCCCCCCCC)OC(C)=O. The molecule has 0 aromatic carbocycles. The van der Waals surface area contributed by atoms with Crippen molar-refractivity contribution in [3.63, 3.8) is 0 Å². The zero-order valence-electron chi connectivity index (χ0n) is 71.8. The second-order valence-electron chi connectivity index (χ2n) is 30.6. The highest BCUT2D eigenvalue weighted by atomic mass is 16.8. The van der Waals surface area contributed by atoms with Crippen LogP contribution >= 0.6 is 0 Å². The number of esters is 12. The number of hydrogen-bond acceptors (Lipinski definition) is 31. The number of nitrogens with one attached hydrogen (secondary N) is 1. The number of ether oxygens (including phenoxy) is 18. The van der Waals surface area contributed by atoms with Crippen LogP contribution in [-0.2, 0) is 148 Å². The van der Waals surface area contributed by atoms with Gasteiger partial charge in [-0.25, -0.2) is 0 Å². The van der Waals surface area contributed by atoms with Gasteiger partial charge in [0.05, 0.1) is 18.8 Å². The van der Waals surface area contributed by atoms with Crippen LogP contribution in [0.5, 0.6) is 0 Å². The predicted octanol–water partition coefficient (Wildman–Crippen LogP) is 12.2. The van der Waals surface area contributed by atoms with Gasteiger partial charge in [-0.15, -0.1) is 0 Å².